The van der Waals surface area contributed by atoms with E-state index in [1.54, 1.807) is 20.9 Å². The maximum Gasteiger partial charge on any atom is 0.410 e. The van der Waals surface area contributed by atoms with Crippen LogP contribution in [0.5, 0.6) is 0 Å². The van der Waals surface area contributed by atoms with Crippen LogP contribution in [0.1, 0.15) is 51.3 Å². The number of ether oxygens (including phenoxy) is 1. The summed E-state index contributed by atoms with van der Waals surface area (Å²) in [6, 6.07) is 7.36. The zero-order valence-electron chi connectivity index (χ0n) is 14.9. The van der Waals surface area contributed by atoms with Gasteiger partial charge in [-0.25, -0.2) is 4.79 Å². The van der Waals surface area contributed by atoms with E-state index in [0.29, 0.717) is 6.42 Å². The SMILES string of the molecule is CC[C@@H](C(=O)NC(C)c1ccc(C)cc1)N(C)C(=O)OC(C)C. The summed E-state index contributed by atoms with van der Waals surface area (Å²) in [7, 11) is 1.59. The molecule has 0 spiro atoms. The van der Waals surface area contributed by atoms with Gasteiger partial charge >= 0.3 is 6.09 Å². The third kappa shape index (κ3) is 5.58. The summed E-state index contributed by atoms with van der Waals surface area (Å²) < 4.78 is 5.15. The second-order valence-corrected chi connectivity index (χ2v) is 6.11. The molecular weight excluding hydrogens is 292 g/mol. The number of carbonyl (C=O) groups excluding carboxylic acids is 2. The minimum absolute atomic E-state index is 0.119. The molecule has 0 saturated carbocycles. The van der Waals surface area contributed by atoms with Crippen molar-refractivity contribution in [2.24, 2.45) is 0 Å². The number of nitrogens with one attached hydrogen (secondary N) is 1. The van der Waals surface area contributed by atoms with Crippen molar-refractivity contribution >= 4 is 12.0 Å². The fourth-order valence-corrected chi connectivity index (χ4v) is 2.30. The first-order valence-electron chi connectivity index (χ1n) is 8.06. The third-order valence-corrected chi connectivity index (χ3v) is 3.72. The summed E-state index contributed by atoms with van der Waals surface area (Å²) in [5.41, 5.74) is 2.21. The average Bonchev–Trinajstić information content (AvgIpc) is 2.47. The minimum Gasteiger partial charge on any atom is -0.447 e. The van der Waals surface area contributed by atoms with Crippen LogP contribution in [-0.2, 0) is 9.53 Å². The lowest BCUT2D eigenvalue weighted by Gasteiger charge is -2.28. The Morgan fingerprint density at radius 1 is 1.17 bits per heavy atom. The van der Waals surface area contributed by atoms with Crippen molar-refractivity contribution in [3.8, 4) is 0 Å². The van der Waals surface area contributed by atoms with Gasteiger partial charge in [0.15, 0.2) is 0 Å². The fraction of sp³-hybridized carbons (Fsp3) is 0.556. The predicted octanol–water partition coefficient (Wildman–Crippen LogP) is 3.43. The molecule has 128 valence electrons. The second-order valence-electron chi connectivity index (χ2n) is 6.11. The highest BCUT2D eigenvalue weighted by atomic mass is 16.6. The van der Waals surface area contributed by atoms with E-state index in [1.165, 1.54) is 10.5 Å². The Hall–Kier alpha value is -2.04. The predicted molar refractivity (Wildman–Crippen MR) is 91.2 cm³/mol. The molecular formula is C18H28N2O3. The van der Waals surface area contributed by atoms with E-state index in [9.17, 15) is 9.59 Å². The summed E-state index contributed by atoms with van der Waals surface area (Å²) in [5, 5.41) is 2.97. The molecule has 1 rings (SSSR count). The van der Waals surface area contributed by atoms with Gasteiger partial charge in [0.2, 0.25) is 5.91 Å². The Morgan fingerprint density at radius 3 is 2.22 bits per heavy atom. The van der Waals surface area contributed by atoms with Crippen LogP contribution in [-0.4, -0.2) is 36.1 Å². The van der Waals surface area contributed by atoms with E-state index in [0.717, 1.165) is 5.56 Å². The summed E-state index contributed by atoms with van der Waals surface area (Å²) in [5.74, 6) is -0.177. The molecule has 5 heteroatoms. The second kappa shape index (κ2) is 8.56. The number of hydrogen-bond donors (Lipinski definition) is 1. The molecule has 0 heterocycles. The van der Waals surface area contributed by atoms with Crippen LogP contribution in [0.25, 0.3) is 0 Å². The molecule has 1 unspecified atom stereocenters. The normalized spacial score (nSPS) is 13.3. The highest BCUT2D eigenvalue weighted by Gasteiger charge is 2.27. The highest BCUT2D eigenvalue weighted by Crippen LogP contribution is 2.14. The summed E-state index contributed by atoms with van der Waals surface area (Å²) in [6.07, 6.45) is -0.169. The number of amides is 2. The molecule has 0 radical (unpaired) electrons. The smallest absolute Gasteiger partial charge is 0.410 e. The van der Waals surface area contributed by atoms with Crippen LogP contribution in [0.4, 0.5) is 4.79 Å². The maximum absolute atomic E-state index is 12.5. The van der Waals surface area contributed by atoms with E-state index in [-0.39, 0.29) is 18.1 Å². The van der Waals surface area contributed by atoms with Crippen LogP contribution >= 0.6 is 0 Å². The molecule has 1 aromatic carbocycles. The molecule has 5 nitrogen and oxygen atoms in total. The Morgan fingerprint density at radius 2 is 1.74 bits per heavy atom. The van der Waals surface area contributed by atoms with E-state index >= 15 is 0 Å². The van der Waals surface area contributed by atoms with Gasteiger partial charge in [-0.2, -0.15) is 0 Å². The summed E-state index contributed by atoms with van der Waals surface area (Å²) in [4.78, 5) is 25.8. The average molecular weight is 320 g/mol. The van der Waals surface area contributed by atoms with Crippen molar-refractivity contribution in [1.82, 2.24) is 10.2 Å². The van der Waals surface area contributed by atoms with E-state index in [1.807, 2.05) is 45.0 Å². The quantitative estimate of drug-likeness (QED) is 0.873. The van der Waals surface area contributed by atoms with Crippen LogP contribution < -0.4 is 5.32 Å². The number of aryl methyl sites for hydroxylation is 1. The van der Waals surface area contributed by atoms with Gasteiger partial charge in [0.1, 0.15) is 6.04 Å². The third-order valence-electron chi connectivity index (χ3n) is 3.72. The van der Waals surface area contributed by atoms with Crippen LogP contribution in [0.15, 0.2) is 24.3 Å². The largest absolute Gasteiger partial charge is 0.447 e. The standard InChI is InChI=1S/C18H28N2O3/c1-7-16(20(6)18(22)23-12(2)3)17(21)19-14(5)15-10-8-13(4)9-11-15/h8-12,14,16H,7H2,1-6H3,(H,19,21)/t14?,16-/m0/s1. The van der Waals surface area contributed by atoms with Gasteiger partial charge in [-0.1, -0.05) is 36.8 Å². The first kappa shape index (κ1) is 19.0. The lowest BCUT2D eigenvalue weighted by atomic mass is 10.1. The van der Waals surface area contributed by atoms with Crippen molar-refractivity contribution in [3.05, 3.63) is 35.4 Å². The Kier molecular flexibility index (Phi) is 7.07. The Balaban J connectivity index is 2.72. The van der Waals surface area contributed by atoms with Gasteiger partial charge in [0, 0.05) is 7.05 Å². The molecule has 0 aromatic heterocycles. The molecule has 23 heavy (non-hydrogen) atoms. The molecule has 1 aromatic rings. The fourth-order valence-electron chi connectivity index (χ4n) is 2.30. The van der Waals surface area contributed by atoms with Gasteiger partial charge in [0.05, 0.1) is 12.1 Å². The first-order chi connectivity index (χ1) is 10.8. The Labute approximate surface area is 139 Å². The van der Waals surface area contributed by atoms with Crippen molar-refractivity contribution in [1.29, 1.82) is 0 Å². The lowest BCUT2D eigenvalue weighted by Crippen LogP contribution is -2.48. The molecule has 2 amide bonds. The van der Waals surface area contributed by atoms with E-state index in [4.69, 9.17) is 4.74 Å². The zero-order chi connectivity index (χ0) is 17.6. The molecule has 0 aliphatic carbocycles. The van der Waals surface area contributed by atoms with Gasteiger partial charge in [0.25, 0.3) is 0 Å². The number of hydrogen-bond acceptors (Lipinski definition) is 3. The van der Waals surface area contributed by atoms with Gasteiger partial charge < -0.3 is 10.1 Å². The van der Waals surface area contributed by atoms with E-state index in [2.05, 4.69) is 5.32 Å². The molecule has 2 atom stereocenters. The number of rotatable bonds is 6. The molecule has 0 fully saturated rings. The van der Waals surface area contributed by atoms with Crippen LogP contribution in [0.2, 0.25) is 0 Å². The van der Waals surface area contributed by atoms with Crippen LogP contribution in [0, 0.1) is 6.92 Å². The molecule has 0 saturated heterocycles. The van der Waals surface area contributed by atoms with Crippen molar-refractivity contribution in [2.45, 2.75) is 59.2 Å². The van der Waals surface area contributed by atoms with Gasteiger partial charge in [-0.3, -0.25) is 9.69 Å². The monoisotopic (exact) mass is 320 g/mol. The lowest BCUT2D eigenvalue weighted by molar-refractivity contribution is -0.126. The topological polar surface area (TPSA) is 58.6 Å². The van der Waals surface area contributed by atoms with E-state index < -0.39 is 12.1 Å². The van der Waals surface area contributed by atoms with Gasteiger partial charge in [-0.05, 0) is 39.7 Å². The number of likely N-dealkylation sites (N-methyl/N-ethyl adjacent to an activating group) is 1. The molecule has 0 aliphatic heterocycles. The zero-order valence-corrected chi connectivity index (χ0v) is 14.9. The molecule has 1 N–H and O–H groups in total. The number of carbonyl (C=O) groups is 2. The summed E-state index contributed by atoms with van der Waals surface area (Å²) in [6.45, 7) is 9.40. The summed E-state index contributed by atoms with van der Waals surface area (Å²) >= 11 is 0. The number of nitrogens with zero attached hydrogens (tertiary/aromatic N) is 1. The van der Waals surface area contributed by atoms with Gasteiger partial charge in [-0.15, -0.1) is 0 Å². The highest BCUT2D eigenvalue weighted by molar-refractivity contribution is 5.85. The van der Waals surface area contributed by atoms with Crippen molar-refractivity contribution < 1.29 is 14.3 Å². The minimum atomic E-state index is -0.547. The van der Waals surface area contributed by atoms with Crippen LogP contribution in [0.3, 0.4) is 0 Å². The molecule has 0 aliphatic rings. The van der Waals surface area contributed by atoms with Crippen molar-refractivity contribution in [2.75, 3.05) is 7.05 Å². The Bertz CT molecular complexity index is 526. The van der Waals surface area contributed by atoms with Crippen molar-refractivity contribution in [3.63, 3.8) is 0 Å². The first-order valence-corrected chi connectivity index (χ1v) is 8.06. The number of benzene rings is 1. The molecule has 0 bridgehead atoms. The maximum atomic E-state index is 12.5.